The molecule has 6 heteroatoms. The second kappa shape index (κ2) is 7.81. The van der Waals surface area contributed by atoms with Gasteiger partial charge in [0.15, 0.2) is 0 Å². The average molecular weight is 272 g/mol. The third-order valence-electron chi connectivity index (χ3n) is 2.65. The van der Waals surface area contributed by atoms with Crippen LogP contribution in [0.25, 0.3) is 0 Å². The topological polar surface area (TPSA) is 64.3 Å². The number of methoxy groups -OCH3 is 1. The van der Waals surface area contributed by atoms with Crippen molar-refractivity contribution < 1.29 is 18.3 Å². The van der Waals surface area contributed by atoms with Crippen molar-refractivity contribution in [3.05, 3.63) is 35.4 Å². The van der Waals surface area contributed by atoms with Crippen LogP contribution in [0, 0.1) is 11.6 Å². The SMILES string of the molecule is COCC(CCN)NC(=O)Cc1c(F)cccc1F. The van der Waals surface area contributed by atoms with E-state index in [1.807, 2.05) is 0 Å². The molecule has 1 unspecified atom stereocenters. The highest BCUT2D eigenvalue weighted by atomic mass is 19.1. The summed E-state index contributed by atoms with van der Waals surface area (Å²) in [6, 6.07) is 3.25. The Morgan fingerprint density at radius 2 is 2.05 bits per heavy atom. The molecular weight excluding hydrogens is 254 g/mol. The molecule has 0 saturated heterocycles. The molecule has 0 fully saturated rings. The molecule has 0 aliphatic rings. The molecule has 0 heterocycles. The van der Waals surface area contributed by atoms with E-state index >= 15 is 0 Å². The maximum atomic E-state index is 13.4. The van der Waals surface area contributed by atoms with Gasteiger partial charge >= 0.3 is 0 Å². The number of ether oxygens (including phenoxy) is 1. The van der Waals surface area contributed by atoms with E-state index in [0.717, 1.165) is 12.1 Å². The van der Waals surface area contributed by atoms with Gasteiger partial charge in [0.25, 0.3) is 0 Å². The summed E-state index contributed by atoms with van der Waals surface area (Å²) in [4.78, 5) is 11.7. The van der Waals surface area contributed by atoms with Crippen LogP contribution < -0.4 is 11.1 Å². The highest BCUT2D eigenvalue weighted by molar-refractivity contribution is 5.79. The van der Waals surface area contributed by atoms with Crippen LogP contribution in [0.3, 0.4) is 0 Å². The smallest absolute Gasteiger partial charge is 0.224 e. The van der Waals surface area contributed by atoms with E-state index in [2.05, 4.69) is 5.32 Å². The summed E-state index contributed by atoms with van der Waals surface area (Å²) in [5, 5.41) is 2.64. The highest BCUT2D eigenvalue weighted by Gasteiger charge is 2.16. The van der Waals surface area contributed by atoms with Gasteiger partial charge in [0.05, 0.1) is 19.1 Å². The Morgan fingerprint density at radius 3 is 2.58 bits per heavy atom. The van der Waals surface area contributed by atoms with Crippen molar-refractivity contribution in [2.24, 2.45) is 5.73 Å². The Kier molecular flexibility index (Phi) is 6.38. The van der Waals surface area contributed by atoms with Crippen LogP contribution in [-0.2, 0) is 16.0 Å². The number of nitrogens with two attached hydrogens (primary N) is 1. The summed E-state index contributed by atoms with van der Waals surface area (Å²) < 4.78 is 31.7. The number of rotatable bonds is 7. The predicted molar refractivity (Wildman–Crippen MR) is 67.5 cm³/mol. The summed E-state index contributed by atoms with van der Waals surface area (Å²) in [6.07, 6.45) is 0.197. The second-order valence-electron chi connectivity index (χ2n) is 4.17. The average Bonchev–Trinajstić information content (AvgIpc) is 2.35. The van der Waals surface area contributed by atoms with E-state index in [9.17, 15) is 13.6 Å². The van der Waals surface area contributed by atoms with Gasteiger partial charge in [-0.2, -0.15) is 0 Å². The van der Waals surface area contributed by atoms with Crippen LogP contribution in [-0.4, -0.2) is 32.2 Å². The zero-order chi connectivity index (χ0) is 14.3. The number of hydrogen-bond acceptors (Lipinski definition) is 3. The van der Waals surface area contributed by atoms with Crippen molar-refractivity contribution in [2.75, 3.05) is 20.3 Å². The summed E-state index contributed by atoms with van der Waals surface area (Å²) in [7, 11) is 1.51. The molecule has 1 rings (SSSR count). The summed E-state index contributed by atoms with van der Waals surface area (Å²) in [6.45, 7) is 0.699. The number of halogens is 2. The van der Waals surface area contributed by atoms with Crippen LogP contribution in [0.2, 0.25) is 0 Å². The van der Waals surface area contributed by atoms with Crippen LogP contribution in [0.4, 0.5) is 8.78 Å². The van der Waals surface area contributed by atoms with Gasteiger partial charge in [-0.15, -0.1) is 0 Å². The third-order valence-corrected chi connectivity index (χ3v) is 2.65. The van der Waals surface area contributed by atoms with Crippen LogP contribution >= 0.6 is 0 Å². The molecule has 0 radical (unpaired) electrons. The number of hydrogen-bond donors (Lipinski definition) is 2. The van der Waals surface area contributed by atoms with Gasteiger partial charge in [-0.1, -0.05) is 6.07 Å². The van der Waals surface area contributed by atoms with E-state index in [0.29, 0.717) is 19.6 Å². The third kappa shape index (κ3) is 4.92. The van der Waals surface area contributed by atoms with Gasteiger partial charge in [-0.05, 0) is 25.1 Å². The molecule has 0 spiro atoms. The molecule has 0 saturated carbocycles. The molecule has 0 aromatic heterocycles. The van der Waals surface area contributed by atoms with E-state index in [1.165, 1.54) is 13.2 Å². The fourth-order valence-corrected chi connectivity index (χ4v) is 1.74. The van der Waals surface area contributed by atoms with E-state index in [4.69, 9.17) is 10.5 Å². The van der Waals surface area contributed by atoms with Gasteiger partial charge in [0, 0.05) is 12.7 Å². The zero-order valence-electron chi connectivity index (χ0n) is 10.8. The standard InChI is InChI=1S/C13H18F2N2O2/c1-19-8-9(5-6-16)17-13(18)7-10-11(14)3-2-4-12(10)15/h2-4,9H,5-8,16H2,1H3,(H,17,18). The van der Waals surface area contributed by atoms with Crippen molar-refractivity contribution in [1.82, 2.24) is 5.32 Å². The molecular formula is C13H18F2N2O2. The van der Waals surface area contributed by atoms with Gasteiger partial charge in [-0.3, -0.25) is 4.79 Å². The molecule has 1 aromatic carbocycles. The Morgan fingerprint density at radius 1 is 1.42 bits per heavy atom. The molecule has 19 heavy (non-hydrogen) atoms. The summed E-state index contributed by atoms with van der Waals surface area (Å²) in [5.41, 5.74) is 5.18. The molecule has 3 N–H and O–H groups in total. The minimum atomic E-state index is -0.725. The number of carbonyl (C=O) groups is 1. The quantitative estimate of drug-likeness (QED) is 0.778. The Bertz CT molecular complexity index is 401. The molecule has 0 aliphatic carbocycles. The van der Waals surface area contributed by atoms with Gasteiger partial charge in [-0.25, -0.2) is 8.78 Å². The Hall–Kier alpha value is -1.53. The van der Waals surface area contributed by atoms with Crippen LogP contribution in [0.15, 0.2) is 18.2 Å². The lowest BCUT2D eigenvalue weighted by Gasteiger charge is -2.17. The first-order valence-electron chi connectivity index (χ1n) is 5.99. The Labute approximate surface area is 110 Å². The minimum Gasteiger partial charge on any atom is -0.383 e. The van der Waals surface area contributed by atoms with Crippen molar-refractivity contribution in [3.63, 3.8) is 0 Å². The minimum absolute atomic E-state index is 0.232. The first kappa shape index (κ1) is 15.5. The number of carbonyl (C=O) groups excluding carboxylic acids is 1. The van der Waals surface area contributed by atoms with Gasteiger partial charge in [0.2, 0.25) is 5.91 Å². The molecule has 106 valence electrons. The number of nitrogens with one attached hydrogen (secondary N) is 1. The molecule has 1 amide bonds. The number of amides is 1. The normalized spacial score (nSPS) is 12.2. The molecule has 1 atom stereocenters. The Balaban J connectivity index is 2.63. The first-order valence-corrected chi connectivity index (χ1v) is 5.99. The van der Waals surface area contributed by atoms with Gasteiger partial charge < -0.3 is 15.8 Å². The molecule has 4 nitrogen and oxygen atoms in total. The monoisotopic (exact) mass is 272 g/mol. The lowest BCUT2D eigenvalue weighted by Crippen LogP contribution is -2.40. The largest absolute Gasteiger partial charge is 0.383 e. The fourth-order valence-electron chi connectivity index (χ4n) is 1.74. The van der Waals surface area contributed by atoms with Crippen molar-refractivity contribution >= 4 is 5.91 Å². The first-order chi connectivity index (χ1) is 9.08. The lowest BCUT2D eigenvalue weighted by molar-refractivity contribution is -0.121. The fraction of sp³-hybridized carbons (Fsp3) is 0.462. The van der Waals surface area contributed by atoms with E-state index < -0.39 is 17.5 Å². The van der Waals surface area contributed by atoms with Crippen molar-refractivity contribution in [1.29, 1.82) is 0 Å². The van der Waals surface area contributed by atoms with Crippen LogP contribution in [0.5, 0.6) is 0 Å². The maximum absolute atomic E-state index is 13.4. The van der Waals surface area contributed by atoms with E-state index in [-0.39, 0.29) is 18.0 Å². The van der Waals surface area contributed by atoms with Crippen molar-refractivity contribution in [3.8, 4) is 0 Å². The molecule has 0 bridgehead atoms. The second-order valence-corrected chi connectivity index (χ2v) is 4.17. The predicted octanol–water partition coefficient (Wildman–Crippen LogP) is 0.987. The van der Waals surface area contributed by atoms with Crippen molar-refractivity contribution in [2.45, 2.75) is 18.9 Å². The lowest BCUT2D eigenvalue weighted by atomic mass is 10.1. The summed E-state index contributed by atoms with van der Waals surface area (Å²) in [5.74, 6) is -1.91. The zero-order valence-corrected chi connectivity index (χ0v) is 10.8. The van der Waals surface area contributed by atoms with Crippen LogP contribution in [0.1, 0.15) is 12.0 Å². The van der Waals surface area contributed by atoms with Gasteiger partial charge in [0.1, 0.15) is 11.6 Å². The van der Waals surface area contributed by atoms with E-state index in [1.54, 1.807) is 0 Å². The molecule has 0 aliphatic heterocycles. The maximum Gasteiger partial charge on any atom is 0.224 e. The highest BCUT2D eigenvalue weighted by Crippen LogP contribution is 2.12. The molecule has 1 aromatic rings. The summed E-state index contributed by atoms with van der Waals surface area (Å²) >= 11 is 0. The number of benzene rings is 1.